The first kappa shape index (κ1) is 23.0. The van der Waals surface area contributed by atoms with Crippen LogP contribution in [0.25, 0.3) is 6.08 Å². The fourth-order valence-electron chi connectivity index (χ4n) is 2.89. The van der Waals surface area contributed by atoms with Gasteiger partial charge in [-0.2, -0.15) is 0 Å². The maximum absolute atomic E-state index is 13.0. The summed E-state index contributed by atoms with van der Waals surface area (Å²) < 4.78 is 6.15. The van der Waals surface area contributed by atoms with Crippen molar-refractivity contribution in [2.24, 2.45) is 0 Å². The van der Waals surface area contributed by atoms with Gasteiger partial charge in [-0.15, -0.1) is 0 Å². The van der Waals surface area contributed by atoms with Crippen LogP contribution in [0.2, 0.25) is 0 Å². The molecule has 6 nitrogen and oxygen atoms in total. The Hall–Kier alpha value is -3.71. The van der Waals surface area contributed by atoms with Crippen molar-refractivity contribution in [3.63, 3.8) is 0 Å². The summed E-state index contributed by atoms with van der Waals surface area (Å²) in [6.07, 6.45) is 1.58. The molecule has 162 valence electrons. The lowest BCUT2D eigenvalue weighted by Crippen LogP contribution is -2.31. The molecule has 2 amide bonds. The zero-order valence-corrected chi connectivity index (χ0v) is 19.1. The number of amides is 2. The number of ketones is 1. The van der Waals surface area contributed by atoms with Crippen molar-refractivity contribution in [2.45, 2.75) is 6.92 Å². The summed E-state index contributed by atoms with van der Waals surface area (Å²) in [5.74, 6) is -0.657. The lowest BCUT2D eigenvalue weighted by Gasteiger charge is -2.13. The van der Waals surface area contributed by atoms with Crippen molar-refractivity contribution in [1.82, 2.24) is 5.32 Å². The summed E-state index contributed by atoms with van der Waals surface area (Å²) in [5, 5.41) is 5.44. The second-order valence-electron chi connectivity index (χ2n) is 6.85. The van der Waals surface area contributed by atoms with Crippen molar-refractivity contribution in [3.8, 4) is 5.75 Å². The van der Waals surface area contributed by atoms with Crippen LogP contribution in [0.5, 0.6) is 5.75 Å². The number of Topliss-reactive ketones (excluding diaryl/α,β-unsaturated/α-hetero) is 1. The summed E-state index contributed by atoms with van der Waals surface area (Å²) >= 11 is 3.38. The van der Waals surface area contributed by atoms with Crippen molar-refractivity contribution < 1.29 is 19.1 Å². The minimum atomic E-state index is -0.508. The molecule has 0 aromatic heterocycles. The van der Waals surface area contributed by atoms with Crippen LogP contribution in [0.1, 0.15) is 33.2 Å². The highest BCUT2D eigenvalue weighted by Gasteiger charge is 2.18. The van der Waals surface area contributed by atoms with Gasteiger partial charge in [-0.1, -0.05) is 40.2 Å². The molecule has 0 radical (unpaired) electrons. The van der Waals surface area contributed by atoms with E-state index in [0.717, 1.165) is 10.0 Å². The molecule has 0 bridgehead atoms. The van der Waals surface area contributed by atoms with Gasteiger partial charge in [0.15, 0.2) is 5.78 Å². The minimum absolute atomic E-state index is 0.0545. The monoisotopic (exact) mass is 492 g/mol. The number of benzene rings is 3. The van der Waals surface area contributed by atoms with E-state index in [1.165, 1.54) is 14.0 Å². The number of hydrogen-bond donors (Lipinski definition) is 2. The molecular weight excluding hydrogens is 472 g/mol. The van der Waals surface area contributed by atoms with Gasteiger partial charge in [-0.3, -0.25) is 14.4 Å². The van der Waals surface area contributed by atoms with E-state index in [1.54, 1.807) is 54.6 Å². The summed E-state index contributed by atoms with van der Waals surface area (Å²) in [5.41, 5.74) is 2.12. The van der Waals surface area contributed by atoms with Gasteiger partial charge in [0.05, 0.1) is 12.7 Å². The third kappa shape index (κ3) is 5.92. The first-order valence-electron chi connectivity index (χ1n) is 9.71. The molecule has 0 spiro atoms. The van der Waals surface area contributed by atoms with Gasteiger partial charge in [0.25, 0.3) is 11.8 Å². The number of hydrogen-bond acceptors (Lipinski definition) is 4. The molecule has 0 aliphatic carbocycles. The van der Waals surface area contributed by atoms with Gasteiger partial charge in [0.2, 0.25) is 0 Å². The summed E-state index contributed by atoms with van der Waals surface area (Å²) in [6.45, 7) is 1.47. The standard InChI is InChI=1S/C25H21BrN2O4/c1-16(29)18-9-13-20(14-10-18)27-25(31)22(15-17-7-11-19(26)12-8-17)28-24(30)21-5-3-4-6-23(21)32-2/h3-15H,1-2H3,(H,27,31)(H,28,30)/b22-15-. The van der Waals surface area contributed by atoms with Crippen LogP contribution in [0.15, 0.2) is 83.0 Å². The highest BCUT2D eigenvalue weighted by atomic mass is 79.9. The lowest BCUT2D eigenvalue weighted by atomic mass is 10.1. The molecule has 7 heteroatoms. The topological polar surface area (TPSA) is 84.5 Å². The third-order valence-corrected chi connectivity index (χ3v) is 5.10. The van der Waals surface area contributed by atoms with E-state index in [1.807, 2.05) is 24.3 Å². The Morgan fingerprint density at radius 2 is 1.56 bits per heavy atom. The fourth-order valence-corrected chi connectivity index (χ4v) is 3.16. The Labute approximate surface area is 194 Å². The summed E-state index contributed by atoms with van der Waals surface area (Å²) in [6, 6.07) is 20.6. The van der Waals surface area contributed by atoms with Gasteiger partial charge in [0, 0.05) is 15.7 Å². The molecule has 3 aromatic carbocycles. The van der Waals surface area contributed by atoms with E-state index in [-0.39, 0.29) is 11.5 Å². The predicted molar refractivity (Wildman–Crippen MR) is 128 cm³/mol. The number of para-hydroxylation sites is 1. The number of anilines is 1. The zero-order valence-electron chi connectivity index (χ0n) is 17.5. The molecule has 0 aliphatic rings. The molecule has 0 saturated heterocycles. The molecule has 32 heavy (non-hydrogen) atoms. The van der Waals surface area contributed by atoms with E-state index >= 15 is 0 Å². The van der Waals surface area contributed by atoms with Crippen LogP contribution in [0, 0.1) is 0 Å². The highest BCUT2D eigenvalue weighted by Crippen LogP contribution is 2.19. The van der Waals surface area contributed by atoms with Crippen molar-refractivity contribution >= 4 is 45.3 Å². The van der Waals surface area contributed by atoms with E-state index in [0.29, 0.717) is 22.6 Å². The maximum Gasteiger partial charge on any atom is 0.272 e. The second-order valence-corrected chi connectivity index (χ2v) is 7.77. The number of methoxy groups -OCH3 is 1. The number of carbonyl (C=O) groups excluding carboxylic acids is 3. The highest BCUT2D eigenvalue weighted by molar-refractivity contribution is 9.10. The van der Waals surface area contributed by atoms with Crippen molar-refractivity contribution in [2.75, 3.05) is 12.4 Å². The molecular formula is C25H21BrN2O4. The lowest BCUT2D eigenvalue weighted by molar-refractivity contribution is -0.113. The number of halogens is 1. The summed E-state index contributed by atoms with van der Waals surface area (Å²) in [7, 11) is 1.47. The van der Waals surface area contributed by atoms with Crippen LogP contribution < -0.4 is 15.4 Å². The average molecular weight is 493 g/mol. The Bertz CT molecular complexity index is 1170. The Morgan fingerprint density at radius 3 is 2.19 bits per heavy atom. The first-order chi connectivity index (χ1) is 15.4. The van der Waals surface area contributed by atoms with Crippen molar-refractivity contribution in [1.29, 1.82) is 0 Å². The van der Waals surface area contributed by atoms with Crippen LogP contribution in [-0.2, 0) is 4.79 Å². The van der Waals surface area contributed by atoms with Gasteiger partial charge < -0.3 is 15.4 Å². The molecule has 3 rings (SSSR count). The van der Waals surface area contributed by atoms with E-state index < -0.39 is 11.8 Å². The molecule has 0 unspecified atom stereocenters. The zero-order chi connectivity index (χ0) is 23.1. The maximum atomic E-state index is 13.0. The van der Waals surface area contributed by atoms with Crippen LogP contribution in [0.3, 0.4) is 0 Å². The van der Waals surface area contributed by atoms with E-state index in [4.69, 9.17) is 4.74 Å². The normalized spacial score (nSPS) is 10.9. The number of nitrogens with one attached hydrogen (secondary N) is 2. The molecule has 0 fully saturated rings. The SMILES string of the molecule is COc1ccccc1C(=O)N/C(=C\c1ccc(Br)cc1)C(=O)Nc1ccc(C(C)=O)cc1. The third-order valence-electron chi connectivity index (χ3n) is 4.57. The van der Waals surface area contributed by atoms with Crippen LogP contribution in [0.4, 0.5) is 5.69 Å². The largest absolute Gasteiger partial charge is 0.496 e. The fraction of sp³-hybridized carbons (Fsp3) is 0.0800. The van der Waals surface area contributed by atoms with Crippen molar-refractivity contribution in [3.05, 3.63) is 99.7 Å². The van der Waals surface area contributed by atoms with Crippen LogP contribution in [-0.4, -0.2) is 24.7 Å². The van der Waals surface area contributed by atoms with Gasteiger partial charge >= 0.3 is 0 Å². The van der Waals surface area contributed by atoms with E-state index in [9.17, 15) is 14.4 Å². The number of ether oxygens (including phenoxy) is 1. The smallest absolute Gasteiger partial charge is 0.272 e. The predicted octanol–water partition coefficient (Wildman–Crippen LogP) is 5.07. The summed E-state index contributed by atoms with van der Waals surface area (Å²) in [4.78, 5) is 37.4. The molecule has 0 heterocycles. The van der Waals surface area contributed by atoms with Crippen LogP contribution >= 0.6 is 15.9 Å². The number of carbonyl (C=O) groups is 3. The van der Waals surface area contributed by atoms with Gasteiger partial charge in [-0.05, 0) is 67.1 Å². The Morgan fingerprint density at radius 1 is 0.906 bits per heavy atom. The number of rotatable bonds is 7. The average Bonchev–Trinajstić information content (AvgIpc) is 2.80. The van der Waals surface area contributed by atoms with E-state index in [2.05, 4.69) is 26.6 Å². The minimum Gasteiger partial charge on any atom is -0.496 e. The van der Waals surface area contributed by atoms with Gasteiger partial charge in [0.1, 0.15) is 11.4 Å². The Kier molecular flexibility index (Phi) is 7.57. The molecule has 3 aromatic rings. The first-order valence-corrected chi connectivity index (χ1v) is 10.5. The molecule has 0 aliphatic heterocycles. The Balaban J connectivity index is 1.89. The second kappa shape index (κ2) is 10.5. The molecule has 2 N–H and O–H groups in total. The van der Waals surface area contributed by atoms with Gasteiger partial charge in [-0.25, -0.2) is 0 Å². The molecule has 0 atom stereocenters. The quantitative estimate of drug-likeness (QED) is 0.356. The molecule has 0 saturated carbocycles.